The number of aryl methyl sites for hydroxylation is 1. The lowest BCUT2D eigenvalue weighted by Gasteiger charge is -2.31. The Morgan fingerprint density at radius 2 is 2.09 bits per heavy atom. The van der Waals surface area contributed by atoms with Gasteiger partial charge in [0.15, 0.2) is 11.6 Å². The number of carbonyl (C=O) groups excluding carboxylic acids is 1. The van der Waals surface area contributed by atoms with Gasteiger partial charge in [-0.05, 0) is 33.6 Å². The van der Waals surface area contributed by atoms with E-state index in [2.05, 4.69) is 39.2 Å². The number of nitrogens with zero attached hydrogens (tertiary/aromatic N) is 4. The molecular weight excluding hydrogens is 292 g/mol. The number of amides is 1. The third-order valence-electron chi connectivity index (χ3n) is 4.74. The molecule has 3 heterocycles. The van der Waals surface area contributed by atoms with Crippen LogP contribution in [0, 0.1) is 0 Å². The van der Waals surface area contributed by atoms with E-state index in [-0.39, 0.29) is 11.9 Å². The summed E-state index contributed by atoms with van der Waals surface area (Å²) < 4.78 is 1.90. The van der Waals surface area contributed by atoms with E-state index in [1.807, 2.05) is 30.8 Å². The molecule has 0 unspecified atom stereocenters. The maximum atomic E-state index is 12.5. The van der Waals surface area contributed by atoms with E-state index in [0.29, 0.717) is 17.9 Å². The molecule has 7 nitrogen and oxygen atoms in total. The van der Waals surface area contributed by atoms with Crippen LogP contribution in [0.4, 0.5) is 5.82 Å². The highest BCUT2D eigenvalue weighted by molar-refractivity contribution is 5.94. The second-order valence-electron chi connectivity index (χ2n) is 6.42. The van der Waals surface area contributed by atoms with Gasteiger partial charge in [0, 0.05) is 37.6 Å². The second-order valence-corrected chi connectivity index (χ2v) is 6.42. The molecular formula is C16H24N6O. The largest absolute Gasteiger partial charge is 0.333 e. The van der Waals surface area contributed by atoms with Gasteiger partial charge in [-0.15, -0.1) is 0 Å². The summed E-state index contributed by atoms with van der Waals surface area (Å²) in [5, 5.41) is 9.99. The number of hydrogen-bond donors (Lipinski definition) is 2. The average molecular weight is 316 g/mol. The van der Waals surface area contributed by atoms with Crippen molar-refractivity contribution in [2.45, 2.75) is 51.7 Å². The Morgan fingerprint density at radius 1 is 1.39 bits per heavy atom. The molecule has 0 radical (unpaired) electrons. The SMILES string of the molecule is C[C@@H]1CC[C@H](C)N1[C@@H](C)C(=O)Nc1cc(-c2nccn2C)[nH]n1. The fraction of sp³-hybridized carbons (Fsp3) is 0.562. The van der Waals surface area contributed by atoms with Crippen molar-refractivity contribution in [1.82, 2.24) is 24.6 Å². The lowest BCUT2D eigenvalue weighted by molar-refractivity contribution is -0.121. The zero-order valence-corrected chi connectivity index (χ0v) is 14.1. The molecule has 0 bridgehead atoms. The number of aromatic nitrogens is 4. The fourth-order valence-electron chi connectivity index (χ4n) is 3.47. The van der Waals surface area contributed by atoms with Crippen LogP contribution < -0.4 is 5.32 Å². The van der Waals surface area contributed by atoms with Crippen LogP contribution >= 0.6 is 0 Å². The molecule has 1 amide bonds. The van der Waals surface area contributed by atoms with Crippen LogP contribution in [0.15, 0.2) is 18.5 Å². The number of rotatable bonds is 4. The number of H-pyrrole nitrogens is 1. The topological polar surface area (TPSA) is 78.8 Å². The number of aromatic amines is 1. The Bertz CT molecular complexity index is 680. The van der Waals surface area contributed by atoms with Gasteiger partial charge in [-0.25, -0.2) is 4.98 Å². The van der Waals surface area contributed by atoms with Gasteiger partial charge in [-0.1, -0.05) is 0 Å². The van der Waals surface area contributed by atoms with E-state index < -0.39 is 0 Å². The summed E-state index contributed by atoms with van der Waals surface area (Å²) in [5.41, 5.74) is 0.781. The zero-order valence-electron chi connectivity index (χ0n) is 14.1. The number of anilines is 1. The third-order valence-corrected chi connectivity index (χ3v) is 4.74. The van der Waals surface area contributed by atoms with Gasteiger partial charge >= 0.3 is 0 Å². The molecule has 1 aliphatic heterocycles. The van der Waals surface area contributed by atoms with Gasteiger partial charge in [-0.2, -0.15) is 5.10 Å². The van der Waals surface area contributed by atoms with Crippen molar-refractivity contribution in [2.24, 2.45) is 7.05 Å². The zero-order chi connectivity index (χ0) is 16.6. The summed E-state index contributed by atoms with van der Waals surface area (Å²) in [4.78, 5) is 19.1. The lowest BCUT2D eigenvalue weighted by atomic mass is 10.2. The molecule has 3 atom stereocenters. The molecule has 7 heteroatoms. The minimum atomic E-state index is -0.171. The molecule has 23 heavy (non-hydrogen) atoms. The van der Waals surface area contributed by atoms with Crippen molar-refractivity contribution in [3.8, 4) is 11.5 Å². The molecule has 0 aromatic carbocycles. The minimum absolute atomic E-state index is 0.0245. The highest BCUT2D eigenvalue weighted by Gasteiger charge is 2.34. The molecule has 2 N–H and O–H groups in total. The van der Waals surface area contributed by atoms with Crippen molar-refractivity contribution < 1.29 is 4.79 Å². The number of nitrogens with one attached hydrogen (secondary N) is 2. The second kappa shape index (κ2) is 6.16. The van der Waals surface area contributed by atoms with Crippen LogP contribution in [-0.2, 0) is 11.8 Å². The Hall–Kier alpha value is -2.15. The Kier molecular flexibility index (Phi) is 4.21. The fourth-order valence-corrected chi connectivity index (χ4v) is 3.47. The van der Waals surface area contributed by atoms with Crippen LogP contribution in [0.2, 0.25) is 0 Å². The predicted octanol–water partition coefficient (Wildman–Crippen LogP) is 2.01. The summed E-state index contributed by atoms with van der Waals surface area (Å²) >= 11 is 0. The number of likely N-dealkylation sites (tertiary alicyclic amines) is 1. The highest BCUT2D eigenvalue weighted by atomic mass is 16.2. The number of carbonyl (C=O) groups is 1. The molecule has 2 aromatic rings. The van der Waals surface area contributed by atoms with Gasteiger partial charge in [-0.3, -0.25) is 14.8 Å². The van der Waals surface area contributed by atoms with Gasteiger partial charge in [0.1, 0.15) is 5.69 Å². The molecule has 1 aliphatic rings. The first-order valence-electron chi connectivity index (χ1n) is 8.08. The van der Waals surface area contributed by atoms with E-state index >= 15 is 0 Å². The van der Waals surface area contributed by atoms with Crippen molar-refractivity contribution in [3.63, 3.8) is 0 Å². The molecule has 3 rings (SSSR count). The van der Waals surface area contributed by atoms with Crippen molar-refractivity contribution in [1.29, 1.82) is 0 Å². The first-order valence-corrected chi connectivity index (χ1v) is 8.08. The molecule has 1 saturated heterocycles. The highest BCUT2D eigenvalue weighted by Crippen LogP contribution is 2.26. The van der Waals surface area contributed by atoms with E-state index in [1.165, 1.54) is 0 Å². The van der Waals surface area contributed by atoms with E-state index in [1.54, 1.807) is 6.20 Å². The summed E-state index contributed by atoms with van der Waals surface area (Å²) in [6, 6.07) is 2.51. The van der Waals surface area contributed by atoms with E-state index in [0.717, 1.165) is 24.4 Å². The summed E-state index contributed by atoms with van der Waals surface area (Å²) in [5.74, 6) is 1.29. The quantitative estimate of drug-likeness (QED) is 0.904. The number of hydrogen-bond acceptors (Lipinski definition) is 4. The molecule has 0 saturated carbocycles. The maximum Gasteiger partial charge on any atom is 0.242 e. The molecule has 0 spiro atoms. The van der Waals surface area contributed by atoms with Gasteiger partial charge < -0.3 is 9.88 Å². The third kappa shape index (κ3) is 3.01. The first kappa shape index (κ1) is 15.7. The van der Waals surface area contributed by atoms with Gasteiger partial charge in [0.05, 0.1) is 6.04 Å². The lowest BCUT2D eigenvalue weighted by Crippen LogP contribution is -2.46. The van der Waals surface area contributed by atoms with Crippen LogP contribution in [-0.4, -0.2) is 48.7 Å². The molecule has 0 aliphatic carbocycles. The van der Waals surface area contributed by atoms with E-state index in [4.69, 9.17) is 0 Å². The maximum absolute atomic E-state index is 12.5. The van der Waals surface area contributed by atoms with Gasteiger partial charge in [0.2, 0.25) is 5.91 Å². The number of imidazole rings is 1. The van der Waals surface area contributed by atoms with Crippen LogP contribution in [0.1, 0.15) is 33.6 Å². The van der Waals surface area contributed by atoms with E-state index in [9.17, 15) is 4.79 Å². The molecule has 124 valence electrons. The first-order chi connectivity index (χ1) is 11.0. The molecule has 1 fully saturated rings. The average Bonchev–Trinajstić information content (AvgIpc) is 3.20. The Labute approximate surface area is 136 Å². The standard InChI is InChI=1S/C16H24N6O/c1-10-5-6-11(2)22(10)12(3)16(23)18-14-9-13(19-20-14)15-17-7-8-21(15)4/h7-12H,5-6H2,1-4H3,(H2,18,19,20,23)/t10-,11+,12-/m0/s1. The van der Waals surface area contributed by atoms with Gasteiger partial charge in [0.25, 0.3) is 0 Å². The van der Waals surface area contributed by atoms with Crippen LogP contribution in [0.25, 0.3) is 11.5 Å². The summed E-state index contributed by atoms with van der Waals surface area (Å²) in [7, 11) is 1.92. The summed E-state index contributed by atoms with van der Waals surface area (Å²) in [6.45, 7) is 6.32. The normalized spacial score (nSPS) is 23.1. The minimum Gasteiger partial charge on any atom is -0.333 e. The molecule has 2 aromatic heterocycles. The van der Waals surface area contributed by atoms with Crippen LogP contribution in [0.5, 0.6) is 0 Å². The van der Waals surface area contributed by atoms with Crippen molar-refractivity contribution in [3.05, 3.63) is 18.5 Å². The Balaban J connectivity index is 1.69. The Morgan fingerprint density at radius 3 is 2.70 bits per heavy atom. The monoisotopic (exact) mass is 316 g/mol. The van der Waals surface area contributed by atoms with Crippen LogP contribution in [0.3, 0.4) is 0 Å². The predicted molar refractivity (Wildman–Crippen MR) is 88.9 cm³/mol. The smallest absolute Gasteiger partial charge is 0.242 e. The van der Waals surface area contributed by atoms with Crippen molar-refractivity contribution in [2.75, 3.05) is 5.32 Å². The van der Waals surface area contributed by atoms with Crippen molar-refractivity contribution >= 4 is 11.7 Å². The summed E-state index contributed by atoms with van der Waals surface area (Å²) in [6.07, 6.45) is 5.88.